The van der Waals surface area contributed by atoms with Gasteiger partial charge in [0.1, 0.15) is 5.52 Å². The lowest BCUT2D eigenvalue weighted by atomic mass is 9.81. The maximum Gasteiger partial charge on any atom is 0.238 e. The van der Waals surface area contributed by atoms with Gasteiger partial charge in [0.25, 0.3) is 0 Å². The number of aryl methyl sites for hydroxylation is 1. The fraction of sp³-hybridized carbons (Fsp3) is 0.429. The molecular formula is C28H36N8OS. The number of H-pyrrole nitrogens is 1. The van der Waals surface area contributed by atoms with Crippen LogP contribution in [-0.2, 0) is 4.79 Å². The first-order chi connectivity index (χ1) is 18.1. The van der Waals surface area contributed by atoms with Crippen molar-refractivity contribution in [2.24, 2.45) is 17.3 Å². The molecule has 200 valence electrons. The zero-order valence-corrected chi connectivity index (χ0v) is 23.5. The van der Waals surface area contributed by atoms with Crippen LogP contribution in [-0.4, -0.2) is 55.2 Å². The van der Waals surface area contributed by atoms with E-state index in [0.29, 0.717) is 40.6 Å². The van der Waals surface area contributed by atoms with Crippen LogP contribution in [0.5, 0.6) is 0 Å². The van der Waals surface area contributed by atoms with Crippen molar-refractivity contribution in [3.8, 4) is 0 Å². The second kappa shape index (κ2) is 10.8. The van der Waals surface area contributed by atoms with Crippen LogP contribution in [0.25, 0.3) is 5.52 Å². The molecule has 0 radical (unpaired) electrons. The summed E-state index contributed by atoms with van der Waals surface area (Å²) in [6.07, 6.45) is 3.08. The number of hydrogen-bond donors (Lipinski definition) is 3. The molecule has 1 aromatic carbocycles. The molecule has 1 fully saturated rings. The number of benzene rings is 1. The molecule has 4 heterocycles. The van der Waals surface area contributed by atoms with Gasteiger partial charge in [0.05, 0.1) is 6.54 Å². The lowest BCUT2D eigenvalue weighted by molar-refractivity contribution is -0.117. The molecule has 1 unspecified atom stereocenters. The van der Waals surface area contributed by atoms with Gasteiger partial charge < -0.3 is 10.6 Å². The lowest BCUT2D eigenvalue weighted by Gasteiger charge is -2.25. The van der Waals surface area contributed by atoms with Crippen LogP contribution in [0.1, 0.15) is 39.8 Å². The average molecular weight is 533 g/mol. The van der Waals surface area contributed by atoms with Crippen molar-refractivity contribution in [1.29, 1.82) is 0 Å². The molecule has 5 rings (SSSR count). The quantitative estimate of drug-likeness (QED) is 0.271. The highest BCUT2D eigenvalue weighted by molar-refractivity contribution is 7.99. The van der Waals surface area contributed by atoms with Crippen molar-refractivity contribution < 1.29 is 4.79 Å². The molecule has 0 saturated carbocycles. The van der Waals surface area contributed by atoms with Crippen molar-refractivity contribution >= 4 is 40.5 Å². The number of hydrogen-bond acceptors (Lipinski definition) is 7. The molecule has 1 aliphatic rings. The third-order valence-electron chi connectivity index (χ3n) is 6.76. The fourth-order valence-corrected chi connectivity index (χ4v) is 5.84. The van der Waals surface area contributed by atoms with E-state index in [9.17, 15) is 4.79 Å². The minimum atomic E-state index is 0.0275. The molecule has 3 aromatic heterocycles. The molecule has 9 nitrogen and oxygen atoms in total. The molecule has 3 N–H and O–H groups in total. The van der Waals surface area contributed by atoms with Gasteiger partial charge in [-0.15, -0.1) is 5.10 Å². The molecule has 10 heteroatoms. The average Bonchev–Trinajstić information content (AvgIpc) is 3.55. The largest absolute Gasteiger partial charge is 0.325 e. The molecule has 1 saturated heterocycles. The standard InChI is InChI=1S/C28H36N8OS/c1-18-15-35(16-20(18)14-28(3,4)5)17-25(37)29-21-8-10-22(11-9-21)38-27-31-26(23-7-6-12-36(23)34-27)30-24-13-19(2)32-33-24/h6-13,18,20H,14-17H2,1-5H3,(H,29,37)(H2,30,31,32,33,34)/t18?,20-/m0/s1. The van der Waals surface area contributed by atoms with Gasteiger partial charge in [0, 0.05) is 41.6 Å². The number of nitrogens with one attached hydrogen (secondary N) is 3. The number of carbonyl (C=O) groups is 1. The number of anilines is 3. The first-order valence-corrected chi connectivity index (χ1v) is 13.9. The predicted octanol–water partition coefficient (Wildman–Crippen LogP) is 5.60. The van der Waals surface area contributed by atoms with Crippen LogP contribution >= 0.6 is 11.8 Å². The van der Waals surface area contributed by atoms with E-state index in [1.165, 1.54) is 18.2 Å². The number of aromatic nitrogens is 5. The van der Waals surface area contributed by atoms with Gasteiger partial charge in [-0.2, -0.15) is 5.10 Å². The lowest BCUT2D eigenvalue weighted by Crippen LogP contribution is -2.32. The maximum atomic E-state index is 12.7. The number of rotatable bonds is 8. The van der Waals surface area contributed by atoms with Gasteiger partial charge >= 0.3 is 0 Å². The molecule has 1 amide bonds. The highest BCUT2D eigenvalue weighted by Gasteiger charge is 2.33. The van der Waals surface area contributed by atoms with E-state index in [1.807, 2.05) is 55.6 Å². The fourth-order valence-electron chi connectivity index (χ4n) is 5.09. The first kappa shape index (κ1) is 26.2. The predicted molar refractivity (Wildman–Crippen MR) is 152 cm³/mol. The molecular weight excluding hydrogens is 496 g/mol. The summed E-state index contributed by atoms with van der Waals surface area (Å²) in [5, 5.41) is 18.7. The Kier molecular flexibility index (Phi) is 7.45. The van der Waals surface area contributed by atoms with E-state index in [1.54, 1.807) is 4.52 Å². The topological polar surface area (TPSA) is 103 Å². The van der Waals surface area contributed by atoms with Crippen molar-refractivity contribution in [3.05, 3.63) is 54.4 Å². The molecule has 0 spiro atoms. The van der Waals surface area contributed by atoms with Crippen molar-refractivity contribution in [3.63, 3.8) is 0 Å². The van der Waals surface area contributed by atoms with E-state index < -0.39 is 0 Å². The summed E-state index contributed by atoms with van der Waals surface area (Å²) in [7, 11) is 0. The Bertz CT molecular complexity index is 1400. The van der Waals surface area contributed by atoms with Gasteiger partial charge in [-0.05, 0) is 78.8 Å². The second-order valence-corrected chi connectivity index (χ2v) is 12.6. The van der Waals surface area contributed by atoms with Gasteiger partial charge in [0.15, 0.2) is 11.6 Å². The van der Waals surface area contributed by atoms with Crippen molar-refractivity contribution in [1.82, 2.24) is 29.7 Å². The molecule has 1 aliphatic heterocycles. The summed E-state index contributed by atoms with van der Waals surface area (Å²) in [5.41, 5.74) is 2.93. The Hall–Kier alpha value is -3.37. The van der Waals surface area contributed by atoms with Crippen LogP contribution in [0.3, 0.4) is 0 Å². The minimum absolute atomic E-state index is 0.0275. The zero-order chi connectivity index (χ0) is 26.9. The molecule has 0 aliphatic carbocycles. The van der Waals surface area contributed by atoms with Crippen LogP contribution in [0.2, 0.25) is 0 Å². The number of aromatic amines is 1. The van der Waals surface area contributed by atoms with E-state index >= 15 is 0 Å². The highest BCUT2D eigenvalue weighted by atomic mass is 32.2. The van der Waals surface area contributed by atoms with E-state index in [4.69, 9.17) is 4.98 Å². The van der Waals surface area contributed by atoms with Crippen LogP contribution < -0.4 is 10.6 Å². The number of carbonyl (C=O) groups excluding carboxylic acids is 1. The van der Waals surface area contributed by atoms with Crippen molar-refractivity contribution in [2.45, 2.75) is 51.1 Å². The monoisotopic (exact) mass is 532 g/mol. The number of fused-ring (bicyclic) bond motifs is 1. The Morgan fingerprint density at radius 2 is 1.97 bits per heavy atom. The summed E-state index contributed by atoms with van der Waals surface area (Å²) in [4.78, 5) is 20.7. The van der Waals surface area contributed by atoms with Gasteiger partial charge in [-0.1, -0.05) is 27.7 Å². The van der Waals surface area contributed by atoms with Crippen molar-refractivity contribution in [2.75, 3.05) is 30.3 Å². The Morgan fingerprint density at radius 3 is 2.68 bits per heavy atom. The number of nitrogens with zero attached hydrogens (tertiary/aromatic N) is 5. The van der Waals surface area contributed by atoms with Crippen LogP contribution in [0.15, 0.2) is 58.7 Å². The Morgan fingerprint density at radius 1 is 1.18 bits per heavy atom. The molecule has 0 bridgehead atoms. The van der Waals surface area contributed by atoms with E-state index in [-0.39, 0.29) is 5.91 Å². The normalized spacial score (nSPS) is 18.2. The summed E-state index contributed by atoms with van der Waals surface area (Å²) >= 11 is 1.46. The Balaban J connectivity index is 1.19. The second-order valence-electron chi connectivity index (χ2n) is 11.5. The maximum absolute atomic E-state index is 12.7. The summed E-state index contributed by atoms with van der Waals surface area (Å²) in [5.74, 6) is 2.67. The molecule has 4 aromatic rings. The highest BCUT2D eigenvalue weighted by Crippen LogP contribution is 2.34. The van der Waals surface area contributed by atoms with E-state index in [0.717, 1.165) is 34.9 Å². The van der Waals surface area contributed by atoms with Crippen LogP contribution in [0.4, 0.5) is 17.3 Å². The first-order valence-electron chi connectivity index (χ1n) is 13.1. The third-order valence-corrected chi connectivity index (χ3v) is 7.62. The SMILES string of the molecule is Cc1cc(Nc2nc(Sc3ccc(NC(=O)CN4CC(C)[C@@H](CC(C)(C)C)C4)cc3)nn3cccc23)n[nH]1. The summed E-state index contributed by atoms with van der Waals surface area (Å²) < 4.78 is 1.80. The summed E-state index contributed by atoms with van der Waals surface area (Å²) in [6.45, 7) is 13.5. The number of amides is 1. The van der Waals surface area contributed by atoms with Gasteiger partial charge in [0.2, 0.25) is 11.1 Å². The Labute approximate surface area is 227 Å². The third kappa shape index (κ3) is 6.54. The zero-order valence-electron chi connectivity index (χ0n) is 22.7. The van der Waals surface area contributed by atoms with Gasteiger partial charge in [-0.3, -0.25) is 14.8 Å². The minimum Gasteiger partial charge on any atom is -0.325 e. The molecule has 38 heavy (non-hydrogen) atoms. The van der Waals surface area contributed by atoms with E-state index in [2.05, 4.69) is 58.5 Å². The smallest absolute Gasteiger partial charge is 0.238 e. The van der Waals surface area contributed by atoms with Gasteiger partial charge in [-0.25, -0.2) is 9.50 Å². The molecule has 2 atom stereocenters. The van der Waals surface area contributed by atoms with Crippen LogP contribution in [0, 0.1) is 24.2 Å². The number of likely N-dealkylation sites (tertiary alicyclic amines) is 1. The summed E-state index contributed by atoms with van der Waals surface area (Å²) in [6, 6.07) is 13.6.